The van der Waals surface area contributed by atoms with Crippen molar-refractivity contribution in [2.24, 2.45) is 0 Å². The highest BCUT2D eigenvalue weighted by Gasteiger charge is 2.25. The molecule has 5 nitrogen and oxygen atoms in total. The molecule has 1 heterocycles. The van der Waals surface area contributed by atoms with Crippen molar-refractivity contribution in [3.63, 3.8) is 0 Å². The maximum atomic E-state index is 11.1. The van der Waals surface area contributed by atoms with E-state index in [1.807, 2.05) is 6.07 Å². The standard InChI is InChI=1S/C10H8N2O3/c13-10(14)8(9-11-6-15-12-9)7-4-2-1-3-5-7/h1-6,8H,(H,13,14). The average Bonchev–Trinajstić information content (AvgIpc) is 2.72. The first-order valence-corrected chi connectivity index (χ1v) is 4.33. The Labute approximate surface area is 85.4 Å². The summed E-state index contributed by atoms with van der Waals surface area (Å²) in [6.45, 7) is 0. The first-order chi connectivity index (χ1) is 7.29. The summed E-state index contributed by atoms with van der Waals surface area (Å²) in [6, 6.07) is 8.79. The van der Waals surface area contributed by atoms with E-state index in [-0.39, 0.29) is 5.82 Å². The third-order valence-electron chi connectivity index (χ3n) is 2.02. The summed E-state index contributed by atoms with van der Waals surface area (Å²) in [6.07, 6.45) is 1.12. The maximum Gasteiger partial charge on any atom is 0.318 e. The lowest BCUT2D eigenvalue weighted by Gasteiger charge is -2.07. The van der Waals surface area contributed by atoms with Crippen LogP contribution in [0, 0.1) is 0 Å². The molecular weight excluding hydrogens is 196 g/mol. The summed E-state index contributed by atoms with van der Waals surface area (Å²) in [5, 5.41) is 12.6. The molecule has 0 radical (unpaired) electrons. The molecule has 2 aromatic rings. The second-order valence-electron chi connectivity index (χ2n) is 2.97. The molecule has 0 spiro atoms. The van der Waals surface area contributed by atoms with E-state index in [4.69, 9.17) is 5.11 Å². The van der Waals surface area contributed by atoms with Crippen molar-refractivity contribution >= 4 is 5.97 Å². The summed E-state index contributed by atoms with van der Waals surface area (Å²) in [4.78, 5) is 14.8. The van der Waals surface area contributed by atoms with E-state index in [1.54, 1.807) is 24.3 Å². The van der Waals surface area contributed by atoms with E-state index in [9.17, 15) is 4.79 Å². The van der Waals surface area contributed by atoms with Crippen LogP contribution in [0.25, 0.3) is 0 Å². The van der Waals surface area contributed by atoms with Gasteiger partial charge in [0.05, 0.1) is 0 Å². The van der Waals surface area contributed by atoms with E-state index in [0.717, 1.165) is 6.39 Å². The molecule has 0 aliphatic carbocycles. The molecule has 0 saturated carbocycles. The normalized spacial score (nSPS) is 12.3. The van der Waals surface area contributed by atoms with Crippen LogP contribution in [0.5, 0.6) is 0 Å². The minimum Gasteiger partial charge on any atom is -0.480 e. The van der Waals surface area contributed by atoms with Crippen LogP contribution in [0.15, 0.2) is 41.2 Å². The topological polar surface area (TPSA) is 76.2 Å². The number of rotatable bonds is 3. The van der Waals surface area contributed by atoms with E-state index >= 15 is 0 Å². The van der Waals surface area contributed by atoms with Gasteiger partial charge in [0.1, 0.15) is 5.92 Å². The quantitative estimate of drug-likeness (QED) is 0.815. The Morgan fingerprint density at radius 3 is 2.60 bits per heavy atom. The number of hydrogen-bond donors (Lipinski definition) is 1. The number of nitrogens with zero attached hydrogens (tertiary/aromatic N) is 2. The van der Waals surface area contributed by atoms with Crippen molar-refractivity contribution in [1.29, 1.82) is 0 Å². The fourth-order valence-corrected chi connectivity index (χ4v) is 1.35. The van der Waals surface area contributed by atoms with Gasteiger partial charge < -0.3 is 9.63 Å². The molecule has 0 fully saturated rings. The highest BCUT2D eigenvalue weighted by Crippen LogP contribution is 2.21. The lowest BCUT2D eigenvalue weighted by atomic mass is 9.99. The lowest BCUT2D eigenvalue weighted by Crippen LogP contribution is -2.14. The Morgan fingerprint density at radius 2 is 2.07 bits per heavy atom. The van der Waals surface area contributed by atoms with Crippen molar-refractivity contribution < 1.29 is 14.4 Å². The van der Waals surface area contributed by atoms with Gasteiger partial charge in [-0.05, 0) is 5.56 Å². The van der Waals surface area contributed by atoms with Crippen LogP contribution in [-0.4, -0.2) is 21.2 Å². The molecule has 0 saturated heterocycles. The van der Waals surface area contributed by atoms with Crippen LogP contribution < -0.4 is 0 Å². The summed E-state index contributed by atoms with van der Waals surface area (Å²) in [5.74, 6) is -1.71. The first-order valence-electron chi connectivity index (χ1n) is 4.33. The number of aliphatic carboxylic acids is 1. The third-order valence-corrected chi connectivity index (χ3v) is 2.02. The van der Waals surface area contributed by atoms with Gasteiger partial charge in [0.25, 0.3) is 0 Å². The summed E-state index contributed by atoms with van der Waals surface area (Å²) < 4.78 is 4.54. The minimum atomic E-state index is -0.998. The van der Waals surface area contributed by atoms with E-state index in [1.165, 1.54) is 0 Å². The predicted molar refractivity (Wildman–Crippen MR) is 50.2 cm³/mol. The summed E-state index contributed by atoms with van der Waals surface area (Å²) in [5.41, 5.74) is 0.631. The van der Waals surface area contributed by atoms with Gasteiger partial charge in [-0.3, -0.25) is 4.79 Å². The van der Waals surface area contributed by atoms with Crippen LogP contribution in [0.3, 0.4) is 0 Å². The fraction of sp³-hybridized carbons (Fsp3) is 0.100. The van der Waals surface area contributed by atoms with Crippen LogP contribution >= 0.6 is 0 Å². The van der Waals surface area contributed by atoms with Crippen molar-refractivity contribution in [3.05, 3.63) is 48.1 Å². The third kappa shape index (κ3) is 1.85. The fourth-order valence-electron chi connectivity index (χ4n) is 1.35. The number of carboxylic acids is 1. The Balaban J connectivity index is 2.42. The Morgan fingerprint density at radius 1 is 1.33 bits per heavy atom. The van der Waals surface area contributed by atoms with Crippen LogP contribution in [0.4, 0.5) is 0 Å². The molecule has 2 rings (SSSR count). The van der Waals surface area contributed by atoms with Gasteiger partial charge in [-0.2, -0.15) is 4.98 Å². The number of aromatic nitrogens is 2. The van der Waals surface area contributed by atoms with Gasteiger partial charge in [-0.1, -0.05) is 35.5 Å². The van der Waals surface area contributed by atoms with Crippen molar-refractivity contribution in [2.75, 3.05) is 0 Å². The minimum absolute atomic E-state index is 0.161. The predicted octanol–water partition coefficient (Wildman–Crippen LogP) is 1.29. The molecule has 1 unspecified atom stereocenters. The molecule has 1 aromatic carbocycles. The summed E-state index contributed by atoms with van der Waals surface area (Å²) >= 11 is 0. The largest absolute Gasteiger partial charge is 0.480 e. The van der Waals surface area contributed by atoms with Crippen LogP contribution in [0.2, 0.25) is 0 Å². The molecule has 1 N–H and O–H groups in total. The number of carbonyl (C=O) groups is 1. The molecule has 0 aliphatic rings. The van der Waals surface area contributed by atoms with Crippen LogP contribution in [0.1, 0.15) is 17.3 Å². The van der Waals surface area contributed by atoms with Crippen LogP contribution in [-0.2, 0) is 4.79 Å². The molecule has 1 aromatic heterocycles. The number of benzene rings is 1. The molecule has 0 amide bonds. The average molecular weight is 204 g/mol. The Bertz CT molecular complexity index is 439. The second kappa shape index (κ2) is 3.91. The molecule has 0 aliphatic heterocycles. The van der Waals surface area contributed by atoms with Gasteiger partial charge in [0.15, 0.2) is 5.82 Å². The summed E-state index contributed by atoms with van der Waals surface area (Å²) in [7, 11) is 0. The molecular formula is C10H8N2O3. The van der Waals surface area contributed by atoms with E-state index < -0.39 is 11.9 Å². The molecule has 5 heteroatoms. The monoisotopic (exact) mass is 204 g/mol. The van der Waals surface area contributed by atoms with Gasteiger partial charge in [-0.15, -0.1) is 0 Å². The molecule has 0 bridgehead atoms. The first kappa shape index (κ1) is 9.39. The Hall–Kier alpha value is -2.17. The zero-order valence-corrected chi connectivity index (χ0v) is 7.70. The number of carboxylic acid groups (broad SMARTS) is 1. The van der Waals surface area contributed by atoms with Gasteiger partial charge in [-0.25, -0.2) is 0 Å². The van der Waals surface area contributed by atoms with Crippen molar-refractivity contribution in [1.82, 2.24) is 10.1 Å². The highest BCUT2D eigenvalue weighted by atomic mass is 16.5. The molecule has 15 heavy (non-hydrogen) atoms. The number of hydrogen-bond acceptors (Lipinski definition) is 4. The van der Waals surface area contributed by atoms with Crippen molar-refractivity contribution in [2.45, 2.75) is 5.92 Å². The lowest BCUT2D eigenvalue weighted by molar-refractivity contribution is -0.137. The van der Waals surface area contributed by atoms with Gasteiger partial charge in [0.2, 0.25) is 6.39 Å². The molecule has 76 valence electrons. The zero-order chi connectivity index (χ0) is 10.7. The zero-order valence-electron chi connectivity index (χ0n) is 7.70. The van der Waals surface area contributed by atoms with E-state index in [0.29, 0.717) is 5.56 Å². The molecule has 1 atom stereocenters. The van der Waals surface area contributed by atoms with Crippen molar-refractivity contribution in [3.8, 4) is 0 Å². The van der Waals surface area contributed by atoms with Gasteiger partial charge in [0, 0.05) is 0 Å². The SMILES string of the molecule is O=C(O)C(c1ccccc1)c1ncon1. The smallest absolute Gasteiger partial charge is 0.318 e. The highest BCUT2D eigenvalue weighted by molar-refractivity contribution is 5.79. The maximum absolute atomic E-state index is 11.1. The second-order valence-corrected chi connectivity index (χ2v) is 2.97. The Kier molecular flexibility index (Phi) is 2.45. The van der Waals surface area contributed by atoms with E-state index in [2.05, 4.69) is 14.7 Å². The van der Waals surface area contributed by atoms with Gasteiger partial charge >= 0.3 is 5.97 Å².